The van der Waals surface area contributed by atoms with Crippen LogP contribution in [0.5, 0.6) is 0 Å². The molecule has 2 amide bonds. The number of aryl methyl sites for hydroxylation is 1. The summed E-state index contributed by atoms with van der Waals surface area (Å²) >= 11 is 0. The Labute approximate surface area is 150 Å². The molecular formula is C19H18N4O3. The Morgan fingerprint density at radius 2 is 1.96 bits per heavy atom. The lowest BCUT2D eigenvalue weighted by molar-refractivity contribution is 0.0920. The fourth-order valence-electron chi connectivity index (χ4n) is 2.55. The van der Waals surface area contributed by atoms with Crippen molar-refractivity contribution in [2.45, 2.75) is 13.8 Å². The molecule has 7 heteroatoms. The van der Waals surface area contributed by atoms with Gasteiger partial charge in [-0.3, -0.25) is 15.1 Å². The molecule has 0 saturated carbocycles. The Kier molecular flexibility index (Phi) is 5.07. The Bertz CT molecular complexity index is 935. The number of benzene rings is 1. The fourth-order valence-corrected chi connectivity index (χ4v) is 2.55. The summed E-state index contributed by atoms with van der Waals surface area (Å²) in [5, 5.41) is 6.57. The van der Waals surface area contributed by atoms with Gasteiger partial charge in [0.15, 0.2) is 5.69 Å². The first kappa shape index (κ1) is 17.3. The number of nitrogens with zero attached hydrogens (tertiary/aromatic N) is 3. The maximum absolute atomic E-state index is 12.6. The van der Waals surface area contributed by atoms with E-state index in [-0.39, 0.29) is 12.3 Å². The zero-order valence-electron chi connectivity index (χ0n) is 14.5. The Balaban J connectivity index is 2.06. The number of amides is 2. The minimum atomic E-state index is -0.802. The molecule has 0 fully saturated rings. The van der Waals surface area contributed by atoms with Gasteiger partial charge in [0, 0.05) is 18.0 Å². The smallest absolute Gasteiger partial charge is 0.414 e. The van der Waals surface area contributed by atoms with Crippen LogP contribution in [0.1, 0.15) is 23.0 Å². The normalized spacial score (nSPS) is 10.4. The van der Waals surface area contributed by atoms with Crippen molar-refractivity contribution in [1.29, 1.82) is 0 Å². The maximum atomic E-state index is 12.6. The summed E-state index contributed by atoms with van der Waals surface area (Å²) < 4.78 is 6.34. The highest BCUT2D eigenvalue weighted by Crippen LogP contribution is 2.27. The highest BCUT2D eigenvalue weighted by molar-refractivity contribution is 6.05. The molecule has 0 unspecified atom stereocenters. The Morgan fingerprint density at radius 1 is 1.15 bits per heavy atom. The molecule has 7 nitrogen and oxygen atoms in total. The Morgan fingerprint density at radius 3 is 2.65 bits per heavy atom. The van der Waals surface area contributed by atoms with Crippen LogP contribution in [-0.2, 0) is 4.74 Å². The summed E-state index contributed by atoms with van der Waals surface area (Å²) in [5.41, 5.74) is 3.31. The van der Waals surface area contributed by atoms with Crippen LogP contribution in [0.4, 0.5) is 4.79 Å². The number of imide groups is 1. The second kappa shape index (κ2) is 7.60. The lowest BCUT2D eigenvalue weighted by Crippen LogP contribution is -2.31. The number of carbonyl (C=O) groups excluding carboxylic acids is 2. The zero-order valence-corrected chi connectivity index (χ0v) is 14.5. The summed E-state index contributed by atoms with van der Waals surface area (Å²) in [6.45, 7) is 3.79. The number of aromatic nitrogens is 3. The second-order valence-electron chi connectivity index (χ2n) is 5.54. The number of carbonyl (C=O) groups is 2. The van der Waals surface area contributed by atoms with E-state index in [1.54, 1.807) is 36.3 Å². The molecule has 3 aromatic rings. The molecule has 0 aliphatic carbocycles. The van der Waals surface area contributed by atoms with Crippen LogP contribution < -0.4 is 5.32 Å². The molecule has 26 heavy (non-hydrogen) atoms. The van der Waals surface area contributed by atoms with Gasteiger partial charge in [0.2, 0.25) is 0 Å². The Hall–Kier alpha value is -3.48. The van der Waals surface area contributed by atoms with Crippen molar-refractivity contribution in [3.63, 3.8) is 0 Å². The quantitative estimate of drug-likeness (QED) is 0.781. The third-order valence-electron chi connectivity index (χ3n) is 3.77. The first-order valence-corrected chi connectivity index (χ1v) is 8.14. The number of rotatable bonds is 4. The van der Waals surface area contributed by atoms with Gasteiger partial charge in [0.25, 0.3) is 5.91 Å². The van der Waals surface area contributed by atoms with E-state index in [1.807, 2.05) is 37.3 Å². The molecule has 0 saturated heterocycles. The summed E-state index contributed by atoms with van der Waals surface area (Å²) in [6, 6.07) is 11.3. The minimum absolute atomic E-state index is 0.135. The average molecular weight is 350 g/mol. The number of nitrogens with one attached hydrogen (secondary N) is 1. The number of alkyl carbamates (subject to hydrolysis) is 1. The van der Waals surface area contributed by atoms with E-state index in [0.29, 0.717) is 11.3 Å². The van der Waals surface area contributed by atoms with Crippen LogP contribution in [0.3, 0.4) is 0 Å². The van der Waals surface area contributed by atoms with E-state index in [2.05, 4.69) is 15.4 Å². The molecule has 3 rings (SSSR count). The summed E-state index contributed by atoms with van der Waals surface area (Å²) in [4.78, 5) is 28.3. The van der Waals surface area contributed by atoms with Gasteiger partial charge < -0.3 is 4.74 Å². The van der Waals surface area contributed by atoms with Crippen LogP contribution in [0, 0.1) is 6.92 Å². The van der Waals surface area contributed by atoms with Gasteiger partial charge in [0.1, 0.15) is 0 Å². The molecule has 0 radical (unpaired) electrons. The monoisotopic (exact) mass is 350 g/mol. The summed E-state index contributed by atoms with van der Waals surface area (Å²) in [5.74, 6) is -0.621. The van der Waals surface area contributed by atoms with Gasteiger partial charge in [-0.1, -0.05) is 24.3 Å². The highest BCUT2D eigenvalue weighted by Gasteiger charge is 2.22. The molecule has 1 aromatic carbocycles. The van der Waals surface area contributed by atoms with E-state index in [9.17, 15) is 9.59 Å². The summed E-state index contributed by atoms with van der Waals surface area (Å²) in [7, 11) is 0. The van der Waals surface area contributed by atoms with E-state index >= 15 is 0 Å². The standard InChI is InChI=1S/C19H18N4O3/c1-3-26-19(25)21-18(24)17-16(15-9-5-4-7-13(15)2)12-23(22-17)14-8-6-10-20-11-14/h4-12H,3H2,1-2H3,(H,21,24,25). The van der Waals surface area contributed by atoms with Crippen molar-refractivity contribution >= 4 is 12.0 Å². The molecular weight excluding hydrogens is 332 g/mol. The highest BCUT2D eigenvalue weighted by atomic mass is 16.5. The molecule has 2 heterocycles. The van der Waals surface area contributed by atoms with Gasteiger partial charge in [-0.25, -0.2) is 9.48 Å². The molecule has 2 aromatic heterocycles. The number of pyridine rings is 1. The fraction of sp³-hybridized carbons (Fsp3) is 0.158. The van der Waals surface area contributed by atoms with Crippen LogP contribution in [0.2, 0.25) is 0 Å². The van der Waals surface area contributed by atoms with Crippen LogP contribution in [-0.4, -0.2) is 33.4 Å². The van der Waals surface area contributed by atoms with Crippen LogP contribution >= 0.6 is 0 Å². The van der Waals surface area contributed by atoms with E-state index < -0.39 is 12.0 Å². The topological polar surface area (TPSA) is 86.1 Å². The number of ether oxygens (including phenoxy) is 1. The molecule has 0 aliphatic heterocycles. The lowest BCUT2D eigenvalue weighted by Gasteiger charge is -2.06. The van der Waals surface area contributed by atoms with Crippen molar-refractivity contribution in [3.05, 3.63) is 66.2 Å². The van der Waals surface area contributed by atoms with E-state index in [4.69, 9.17) is 4.74 Å². The second-order valence-corrected chi connectivity index (χ2v) is 5.54. The average Bonchev–Trinajstić information content (AvgIpc) is 3.08. The maximum Gasteiger partial charge on any atom is 0.414 e. The largest absolute Gasteiger partial charge is 0.450 e. The molecule has 0 bridgehead atoms. The zero-order chi connectivity index (χ0) is 18.5. The number of hydrogen-bond donors (Lipinski definition) is 1. The van der Waals surface area contributed by atoms with E-state index in [0.717, 1.165) is 11.1 Å². The van der Waals surface area contributed by atoms with Gasteiger partial charge >= 0.3 is 6.09 Å². The van der Waals surface area contributed by atoms with Crippen molar-refractivity contribution in [3.8, 4) is 16.8 Å². The number of hydrogen-bond acceptors (Lipinski definition) is 5. The van der Waals surface area contributed by atoms with Crippen molar-refractivity contribution in [2.24, 2.45) is 0 Å². The van der Waals surface area contributed by atoms with Gasteiger partial charge in [-0.15, -0.1) is 0 Å². The van der Waals surface area contributed by atoms with Crippen LogP contribution in [0.25, 0.3) is 16.8 Å². The molecule has 1 N–H and O–H groups in total. The minimum Gasteiger partial charge on any atom is -0.450 e. The summed E-state index contributed by atoms with van der Waals surface area (Å²) in [6.07, 6.45) is 4.24. The first-order chi connectivity index (χ1) is 12.6. The molecule has 0 atom stereocenters. The molecule has 132 valence electrons. The predicted molar refractivity (Wildman–Crippen MR) is 96.0 cm³/mol. The third kappa shape index (κ3) is 3.61. The van der Waals surface area contributed by atoms with Crippen molar-refractivity contribution < 1.29 is 14.3 Å². The molecule has 0 spiro atoms. The van der Waals surface area contributed by atoms with Gasteiger partial charge in [-0.2, -0.15) is 5.10 Å². The van der Waals surface area contributed by atoms with Gasteiger partial charge in [-0.05, 0) is 37.1 Å². The van der Waals surface area contributed by atoms with Crippen molar-refractivity contribution in [1.82, 2.24) is 20.1 Å². The lowest BCUT2D eigenvalue weighted by atomic mass is 10.0. The predicted octanol–water partition coefficient (Wildman–Crippen LogP) is 3.13. The molecule has 0 aliphatic rings. The third-order valence-corrected chi connectivity index (χ3v) is 3.77. The SMILES string of the molecule is CCOC(=O)NC(=O)c1nn(-c2cccnc2)cc1-c1ccccc1C. The van der Waals surface area contributed by atoms with Crippen LogP contribution in [0.15, 0.2) is 55.0 Å². The first-order valence-electron chi connectivity index (χ1n) is 8.14. The van der Waals surface area contributed by atoms with E-state index in [1.165, 1.54) is 0 Å². The van der Waals surface area contributed by atoms with Gasteiger partial charge in [0.05, 0.1) is 18.5 Å². The van der Waals surface area contributed by atoms with Crippen molar-refractivity contribution in [2.75, 3.05) is 6.61 Å².